The molecule has 2 N–H and O–H groups in total. The summed E-state index contributed by atoms with van der Waals surface area (Å²) >= 11 is 1.74. The van der Waals surface area contributed by atoms with Gasteiger partial charge < -0.3 is 10.5 Å². The van der Waals surface area contributed by atoms with E-state index >= 15 is 0 Å². The summed E-state index contributed by atoms with van der Waals surface area (Å²) in [6.45, 7) is 0.622. The van der Waals surface area contributed by atoms with Gasteiger partial charge in [-0.15, -0.1) is 11.8 Å². The van der Waals surface area contributed by atoms with Crippen molar-refractivity contribution in [2.24, 2.45) is 5.73 Å². The first-order chi connectivity index (χ1) is 3.93. The first-order valence-corrected chi connectivity index (χ1v) is 3.60. The number of hydrogen-bond donors (Lipinski definition) is 1. The molecule has 1 heterocycles. The summed E-state index contributed by atoms with van der Waals surface area (Å²) in [5.74, 6) is 0.993. The van der Waals surface area contributed by atoms with Crippen LogP contribution in [0.25, 0.3) is 0 Å². The average molecular weight is 131 g/mol. The molecule has 0 aromatic heterocycles. The number of nitrogens with two attached hydrogens (primary N) is 1. The topological polar surface area (TPSA) is 35.2 Å². The maximum atomic E-state index is 5.33. The van der Waals surface area contributed by atoms with Crippen LogP contribution in [0.2, 0.25) is 0 Å². The van der Waals surface area contributed by atoms with Gasteiger partial charge in [-0.3, -0.25) is 0 Å². The van der Waals surface area contributed by atoms with E-state index < -0.39 is 0 Å². The van der Waals surface area contributed by atoms with Crippen molar-refractivity contribution >= 4 is 11.8 Å². The molecule has 0 spiro atoms. The molecule has 1 unspecified atom stereocenters. The van der Waals surface area contributed by atoms with Gasteiger partial charge in [0, 0.05) is 17.7 Å². The van der Waals surface area contributed by atoms with E-state index in [4.69, 9.17) is 10.5 Å². The van der Waals surface area contributed by atoms with Crippen LogP contribution in [-0.4, -0.2) is 18.4 Å². The molecule has 46 valence electrons. The molecular weight excluding hydrogens is 122 g/mol. The molecule has 0 radical (unpaired) electrons. The smallest absolute Gasteiger partial charge is 0.119 e. The second-order valence-corrected chi connectivity index (χ2v) is 2.54. The average Bonchev–Trinajstić information content (AvgIpc) is 1.90. The van der Waals surface area contributed by atoms with Crippen molar-refractivity contribution in [1.29, 1.82) is 0 Å². The Hall–Kier alpha value is -0.150. The van der Waals surface area contributed by atoms with Crippen LogP contribution < -0.4 is 5.73 Å². The number of ether oxygens (including phenoxy) is 1. The molecule has 0 aromatic carbocycles. The summed E-state index contributed by atoms with van der Waals surface area (Å²) in [5, 5.41) is 1.94. The van der Waals surface area contributed by atoms with Gasteiger partial charge in [0.2, 0.25) is 0 Å². The largest absolute Gasteiger partial charge is 0.495 e. The van der Waals surface area contributed by atoms with E-state index in [9.17, 15) is 0 Å². The van der Waals surface area contributed by atoms with E-state index in [2.05, 4.69) is 0 Å². The van der Waals surface area contributed by atoms with Crippen LogP contribution in [0.1, 0.15) is 0 Å². The fraction of sp³-hybridized carbons (Fsp3) is 0.600. The molecule has 3 heteroatoms. The summed E-state index contributed by atoms with van der Waals surface area (Å²) in [7, 11) is 0. The Kier molecular flexibility index (Phi) is 2.24. The lowest BCUT2D eigenvalue weighted by molar-refractivity contribution is 0.171. The molecule has 0 saturated carbocycles. The minimum absolute atomic E-state index is 0.241. The molecule has 1 rings (SSSR count). The highest BCUT2D eigenvalue weighted by Crippen LogP contribution is 2.12. The van der Waals surface area contributed by atoms with Gasteiger partial charge in [-0.05, 0) is 0 Å². The highest BCUT2D eigenvalue weighted by Gasteiger charge is 2.06. The molecule has 0 aliphatic carbocycles. The summed E-state index contributed by atoms with van der Waals surface area (Å²) in [6.07, 6.45) is 1.94. The molecule has 0 fully saturated rings. The van der Waals surface area contributed by atoms with E-state index in [1.807, 2.05) is 5.41 Å². The third-order valence-corrected chi connectivity index (χ3v) is 1.84. The zero-order valence-electron chi connectivity index (χ0n) is 4.54. The Morgan fingerprint density at radius 3 is 3.12 bits per heavy atom. The van der Waals surface area contributed by atoms with Crippen LogP contribution in [0.15, 0.2) is 11.7 Å². The monoisotopic (exact) mass is 131 g/mol. The highest BCUT2D eigenvalue weighted by atomic mass is 32.2. The second kappa shape index (κ2) is 2.99. The molecular formula is C5H9NOS. The van der Waals surface area contributed by atoms with Gasteiger partial charge in [-0.25, -0.2) is 0 Å². The quantitative estimate of drug-likeness (QED) is 0.564. The van der Waals surface area contributed by atoms with Crippen LogP contribution in [0, 0.1) is 0 Å². The number of thioether (sulfide) groups is 1. The van der Waals surface area contributed by atoms with Crippen molar-refractivity contribution in [1.82, 2.24) is 0 Å². The van der Waals surface area contributed by atoms with Crippen molar-refractivity contribution in [3.05, 3.63) is 11.7 Å². The first-order valence-electron chi connectivity index (χ1n) is 2.55. The minimum Gasteiger partial charge on any atom is -0.495 e. The minimum atomic E-state index is 0.241. The molecule has 0 bridgehead atoms. The van der Waals surface area contributed by atoms with Crippen molar-refractivity contribution in [2.45, 2.75) is 6.10 Å². The van der Waals surface area contributed by atoms with Crippen LogP contribution in [0.3, 0.4) is 0 Å². The molecule has 0 aromatic rings. The van der Waals surface area contributed by atoms with Gasteiger partial charge in [0.1, 0.15) is 6.10 Å². The predicted molar refractivity (Wildman–Crippen MR) is 35.5 cm³/mol. The predicted octanol–water partition coefficient (Wildman–Crippen LogP) is 0.548. The van der Waals surface area contributed by atoms with Gasteiger partial charge in [0.05, 0.1) is 6.26 Å². The van der Waals surface area contributed by atoms with Crippen LogP contribution in [0.4, 0.5) is 0 Å². The Morgan fingerprint density at radius 2 is 2.75 bits per heavy atom. The Labute approximate surface area is 53.1 Å². The number of hydrogen-bond acceptors (Lipinski definition) is 3. The van der Waals surface area contributed by atoms with Gasteiger partial charge in [-0.2, -0.15) is 0 Å². The van der Waals surface area contributed by atoms with Crippen LogP contribution in [-0.2, 0) is 4.74 Å². The van der Waals surface area contributed by atoms with Gasteiger partial charge in [-0.1, -0.05) is 0 Å². The fourth-order valence-corrected chi connectivity index (χ4v) is 1.19. The van der Waals surface area contributed by atoms with E-state index in [1.165, 1.54) is 0 Å². The molecule has 2 nitrogen and oxygen atoms in total. The zero-order chi connectivity index (χ0) is 5.82. The van der Waals surface area contributed by atoms with Crippen LogP contribution >= 0.6 is 11.8 Å². The lowest BCUT2D eigenvalue weighted by Crippen LogP contribution is -2.25. The maximum absolute atomic E-state index is 5.33. The van der Waals surface area contributed by atoms with Crippen molar-refractivity contribution in [3.63, 3.8) is 0 Å². The van der Waals surface area contributed by atoms with E-state index in [0.717, 1.165) is 5.75 Å². The zero-order valence-corrected chi connectivity index (χ0v) is 5.36. The van der Waals surface area contributed by atoms with Crippen LogP contribution in [0.5, 0.6) is 0 Å². The Morgan fingerprint density at radius 1 is 1.88 bits per heavy atom. The first kappa shape index (κ1) is 5.98. The van der Waals surface area contributed by atoms with Gasteiger partial charge in [0.15, 0.2) is 0 Å². The third-order valence-electron chi connectivity index (χ3n) is 0.968. The second-order valence-electron chi connectivity index (χ2n) is 1.60. The fourth-order valence-electron chi connectivity index (χ4n) is 0.508. The SMILES string of the molecule is NCC1CSC=CO1. The lowest BCUT2D eigenvalue weighted by atomic mass is 10.4. The summed E-state index contributed by atoms with van der Waals surface area (Å²) in [4.78, 5) is 0. The standard InChI is InChI=1S/C5H9NOS/c6-3-5-4-8-2-1-7-5/h1-2,5H,3-4,6H2. The molecule has 8 heavy (non-hydrogen) atoms. The van der Waals surface area contributed by atoms with E-state index in [-0.39, 0.29) is 6.10 Å². The summed E-state index contributed by atoms with van der Waals surface area (Å²) in [5.41, 5.74) is 5.33. The Balaban J connectivity index is 2.27. The molecule has 1 aliphatic heterocycles. The lowest BCUT2D eigenvalue weighted by Gasteiger charge is -2.15. The molecule has 0 saturated heterocycles. The molecule has 1 aliphatic rings. The van der Waals surface area contributed by atoms with Crippen molar-refractivity contribution in [2.75, 3.05) is 12.3 Å². The van der Waals surface area contributed by atoms with Gasteiger partial charge in [0.25, 0.3) is 0 Å². The third kappa shape index (κ3) is 1.42. The molecule has 0 amide bonds. The molecule has 1 atom stereocenters. The van der Waals surface area contributed by atoms with E-state index in [1.54, 1.807) is 18.0 Å². The summed E-state index contributed by atoms with van der Waals surface area (Å²) in [6, 6.07) is 0. The summed E-state index contributed by atoms with van der Waals surface area (Å²) < 4.78 is 5.10. The maximum Gasteiger partial charge on any atom is 0.119 e. The Bertz CT molecular complexity index is 94.4. The van der Waals surface area contributed by atoms with Gasteiger partial charge >= 0.3 is 0 Å². The van der Waals surface area contributed by atoms with Crippen molar-refractivity contribution < 1.29 is 4.74 Å². The van der Waals surface area contributed by atoms with Crippen molar-refractivity contribution in [3.8, 4) is 0 Å². The number of rotatable bonds is 1. The normalized spacial score (nSPS) is 27.4. The highest BCUT2D eigenvalue weighted by molar-refractivity contribution is 8.02. The van der Waals surface area contributed by atoms with E-state index in [0.29, 0.717) is 6.54 Å².